The van der Waals surface area contributed by atoms with Gasteiger partial charge in [-0.15, -0.1) is 11.8 Å². The Morgan fingerprint density at radius 1 is 0.750 bits per heavy atom. The summed E-state index contributed by atoms with van der Waals surface area (Å²) in [7, 11) is 0. The lowest BCUT2D eigenvalue weighted by molar-refractivity contribution is 0.958. The fourth-order valence-electron chi connectivity index (χ4n) is 1.73. The number of rotatable bonds is 4. The van der Waals surface area contributed by atoms with E-state index in [9.17, 15) is 0 Å². The smallest absolute Gasteiger partial charge is 0.00693 e. The highest BCUT2D eigenvalue weighted by atomic mass is 32.2. The lowest BCUT2D eigenvalue weighted by Gasteiger charge is -2.03. The van der Waals surface area contributed by atoms with E-state index in [1.165, 1.54) is 16.0 Å². The highest BCUT2D eigenvalue weighted by Gasteiger charge is 1.95. The molecule has 0 unspecified atom stereocenters. The molecule has 0 N–H and O–H groups in total. The van der Waals surface area contributed by atoms with Crippen LogP contribution in [0.25, 0.3) is 0 Å². The lowest BCUT2D eigenvalue weighted by Crippen LogP contribution is -1.90. The van der Waals surface area contributed by atoms with Gasteiger partial charge in [0.15, 0.2) is 0 Å². The van der Waals surface area contributed by atoms with Gasteiger partial charge in [-0.3, -0.25) is 0 Å². The summed E-state index contributed by atoms with van der Waals surface area (Å²) in [6, 6.07) is 19.5. The van der Waals surface area contributed by atoms with E-state index >= 15 is 0 Å². The second-order valence-electron chi connectivity index (χ2n) is 3.83. The Bertz CT molecular complexity index is 417. The van der Waals surface area contributed by atoms with E-state index in [2.05, 4.69) is 60.9 Å². The summed E-state index contributed by atoms with van der Waals surface area (Å²) in [6.45, 7) is 0. The monoisotopic (exact) mass is 228 g/mol. The number of aryl methyl sites for hydroxylation is 2. The van der Waals surface area contributed by atoms with Crippen molar-refractivity contribution in [2.24, 2.45) is 0 Å². The molecule has 0 aliphatic heterocycles. The zero-order chi connectivity index (χ0) is 11.2. The minimum absolute atomic E-state index is 1.12. The van der Waals surface area contributed by atoms with Crippen LogP contribution in [0.2, 0.25) is 0 Å². The van der Waals surface area contributed by atoms with Gasteiger partial charge in [0.2, 0.25) is 0 Å². The highest BCUT2D eigenvalue weighted by molar-refractivity contribution is 7.98. The first-order valence-corrected chi connectivity index (χ1v) is 6.78. The van der Waals surface area contributed by atoms with Crippen molar-refractivity contribution in [2.45, 2.75) is 17.7 Å². The van der Waals surface area contributed by atoms with E-state index in [1.54, 1.807) is 11.8 Å². The highest BCUT2D eigenvalue weighted by Crippen LogP contribution is 2.16. The van der Waals surface area contributed by atoms with Crippen molar-refractivity contribution in [1.29, 1.82) is 0 Å². The molecular weight excluding hydrogens is 212 g/mol. The van der Waals surface area contributed by atoms with Gasteiger partial charge in [-0.1, -0.05) is 42.5 Å². The van der Waals surface area contributed by atoms with Crippen LogP contribution in [0.3, 0.4) is 0 Å². The number of hydrogen-bond acceptors (Lipinski definition) is 1. The second-order valence-corrected chi connectivity index (χ2v) is 4.71. The molecule has 0 fully saturated rings. The van der Waals surface area contributed by atoms with Crippen molar-refractivity contribution in [2.75, 3.05) is 6.26 Å². The summed E-state index contributed by atoms with van der Waals surface area (Å²) in [5.41, 5.74) is 2.83. The van der Waals surface area contributed by atoms with E-state index in [4.69, 9.17) is 0 Å². The Morgan fingerprint density at radius 3 is 1.88 bits per heavy atom. The first kappa shape index (κ1) is 11.3. The maximum Gasteiger partial charge on any atom is 0.00693 e. The first-order chi connectivity index (χ1) is 7.88. The standard InChI is InChI=1S/C15H16S/c1-16-15-11-9-14(10-12-15)8-7-13-5-3-2-4-6-13/h2-6,9-12H,7-8H2,1H3. The maximum absolute atomic E-state index is 2.23. The molecule has 0 saturated heterocycles. The molecule has 0 saturated carbocycles. The van der Waals surface area contributed by atoms with Gasteiger partial charge in [-0.25, -0.2) is 0 Å². The largest absolute Gasteiger partial charge is 0.130 e. The SMILES string of the molecule is CSc1ccc(CCc2ccccc2)cc1. The molecule has 1 heteroatoms. The summed E-state index contributed by atoms with van der Waals surface area (Å²) in [5.74, 6) is 0. The molecule has 0 aromatic heterocycles. The minimum Gasteiger partial charge on any atom is -0.130 e. The normalized spacial score (nSPS) is 10.3. The lowest BCUT2D eigenvalue weighted by atomic mass is 10.0. The molecule has 0 aliphatic carbocycles. The molecule has 0 spiro atoms. The molecule has 16 heavy (non-hydrogen) atoms. The Kier molecular flexibility index (Phi) is 4.06. The second kappa shape index (κ2) is 5.76. The summed E-state index contributed by atoms with van der Waals surface area (Å²) in [4.78, 5) is 1.34. The number of benzene rings is 2. The maximum atomic E-state index is 2.23. The number of hydrogen-bond donors (Lipinski definition) is 0. The van der Waals surface area contributed by atoms with E-state index in [0.717, 1.165) is 12.8 Å². The van der Waals surface area contributed by atoms with E-state index in [1.807, 2.05) is 0 Å². The van der Waals surface area contributed by atoms with Gasteiger partial charge in [-0.05, 0) is 42.4 Å². The van der Waals surface area contributed by atoms with Crippen molar-refractivity contribution < 1.29 is 0 Å². The topological polar surface area (TPSA) is 0 Å². The van der Waals surface area contributed by atoms with Crippen LogP contribution in [0.15, 0.2) is 59.5 Å². The predicted octanol–water partition coefficient (Wildman–Crippen LogP) is 4.19. The third-order valence-corrected chi connectivity index (χ3v) is 3.45. The summed E-state index contributed by atoms with van der Waals surface area (Å²) < 4.78 is 0. The predicted molar refractivity (Wildman–Crippen MR) is 72.1 cm³/mol. The third kappa shape index (κ3) is 3.14. The van der Waals surface area contributed by atoms with Gasteiger partial charge in [-0.2, -0.15) is 0 Å². The molecule has 0 atom stereocenters. The van der Waals surface area contributed by atoms with Gasteiger partial charge in [0.1, 0.15) is 0 Å². The first-order valence-electron chi connectivity index (χ1n) is 5.55. The van der Waals surface area contributed by atoms with Gasteiger partial charge < -0.3 is 0 Å². The Morgan fingerprint density at radius 2 is 1.31 bits per heavy atom. The summed E-state index contributed by atoms with van der Waals surface area (Å²) >= 11 is 1.79. The van der Waals surface area contributed by atoms with Crippen molar-refractivity contribution >= 4 is 11.8 Å². The van der Waals surface area contributed by atoms with Crippen molar-refractivity contribution in [3.8, 4) is 0 Å². The fraction of sp³-hybridized carbons (Fsp3) is 0.200. The molecule has 2 aromatic carbocycles. The Hall–Kier alpha value is -1.21. The van der Waals surface area contributed by atoms with Crippen LogP contribution in [-0.4, -0.2) is 6.26 Å². The van der Waals surface area contributed by atoms with Crippen LogP contribution in [0.4, 0.5) is 0 Å². The van der Waals surface area contributed by atoms with Crippen LogP contribution in [0.1, 0.15) is 11.1 Å². The zero-order valence-corrected chi connectivity index (χ0v) is 10.3. The molecule has 0 bridgehead atoms. The minimum atomic E-state index is 1.12. The summed E-state index contributed by atoms with van der Waals surface area (Å²) in [6.07, 6.45) is 4.36. The molecule has 2 aromatic rings. The van der Waals surface area contributed by atoms with E-state index in [-0.39, 0.29) is 0 Å². The molecule has 82 valence electrons. The zero-order valence-electron chi connectivity index (χ0n) is 9.52. The van der Waals surface area contributed by atoms with Crippen molar-refractivity contribution in [3.05, 3.63) is 65.7 Å². The summed E-state index contributed by atoms with van der Waals surface area (Å²) in [5, 5.41) is 0. The van der Waals surface area contributed by atoms with Gasteiger partial charge in [0, 0.05) is 4.90 Å². The van der Waals surface area contributed by atoms with Crippen molar-refractivity contribution in [1.82, 2.24) is 0 Å². The quantitative estimate of drug-likeness (QED) is 0.707. The van der Waals surface area contributed by atoms with Gasteiger partial charge >= 0.3 is 0 Å². The van der Waals surface area contributed by atoms with Crippen LogP contribution in [0.5, 0.6) is 0 Å². The molecule has 2 rings (SSSR count). The van der Waals surface area contributed by atoms with Crippen LogP contribution < -0.4 is 0 Å². The van der Waals surface area contributed by atoms with Crippen LogP contribution >= 0.6 is 11.8 Å². The van der Waals surface area contributed by atoms with Crippen molar-refractivity contribution in [3.63, 3.8) is 0 Å². The number of thioether (sulfide) groups is 1. The third-order valence-electron chi connectivity index (χ3n) is 2.70. The van der Waals surface area contributed by atoms with Crippen LogP contribution in [-0.2, 0) is 12.8 Å². The average Bonchev–Trinajstić information content (AvgIpc) is 2.38. The molecule has 0 amide bonds. The van der Waals surface area contributed by atoms with E-state index in [0.29, 0.717) is 0 Å². The Balaban J connectivity index is 1.94. The molecule has 0 radical (unpaired) electrons. The Labute approximate surface area is 102 Å². The van der Waals surface area contributed by atoms with E-state index < -0.39 is 0 Å². The molecule has 0 heterocycles. The van der Waals surface area contributed by atoms with Crippen LogP contribution in [0, 0.1) is 0 Å². The van der Waals surface area contributed by atoms with Gasteiger partial charge in [0.05, 0.1) is 0 Å². The molecule has 0 aliphatic rings. The average molecular weight is 228 g/mol. The fourth-order valence-corrected chi connectivity index (χ4v) is 2.13. The molecule has 0 nitrogen and oxygen atoms in total. The molecular formula is C15H16S. The van der Waals surface area contributed by atoms with Gasteiger partial charge in [0.25, 0.3) is 0 Å².